The number of hydrogen-bond acceptors (Lipinski definition) is 2. The van der Waals surface area contributed by atoms with Gasteiger partial charge in [0, 0.05) is 11.9 Å². The standard InChI is InChI=1S/C12H14N2O/c1-10-7-8-13-14(10)9-11-3-5-12(15-2)6-4-11/h3-8H,9H2,1-2H3. The number of benzene rings is 1. The van der Waals surface area contributed by atoms with Crippen LogP contribution in [0.3, 0.4) is 0 Å². The lowest BCUT2D eigenvalue weighted by atomic mass is 10.2. The normalized spacial score (nSPS) is 10.3. The SMILES string of the molecule is COc1ccc(Cn2nccc2C)cc1. The monoisotopic (exact) mass is 202 g/mol. The van der Waals surface area contributed by atoms with Gasteiger partial charge >= 0.3 is 0 Å². The second-order valence-corrected chi connectivity index (χ2v) is 3.48. The molecule has 0 saturated carbocycles. The van der Waals surface area contributed by atoms with Crippen molar-refractivity contribution in [1.29, 1.82) is 0 Å². The molecule has 0 unspecified atom stereocenters. The van der Waals surface area contributed by atoms with E-state index in [0.717, 1.165) is 12.3 Å². The van der Waals surface area contributed by atoms with Crippen molar-refractivity contribution in [3.05, 3.63) is 47.8 Å². The molecule has 3 heteroatoms. The van der Waals surface area contributed by atoms with Gasteiger partial charge in [0.1, 0.15) is 5.75 Å². The largest absolute Gasteiger partial charge is 0.497 e. The van der Waals surface area contributed by atoms with Gasteiger partial charge in [-0.2, -0.15) is 5.10 Å². The summed E-state index contributed by atoms with van der Waals surface area (Å²) in [6, 6.07) is 10.0. The summed E-state index contributed by atoms with van der Waals surface area (Å²) in [5, 5.41) is 4.24. The van der Waals surface area contributed by atoms with Crippen LogP contribution >= 0.6 is 0 Å². The summed E-state index contributed by atoms with van der Waals surface area (Å²) in [5.74, 6) is 0.885. The second kappa shape index (κ2) is 4.17. The van der Waals surface area contributed by atoms with Gasteiger partial charge in [-0.25, -0.2) is 0 Å². The van der Waals surface area contributed by atoms with E-state index >= 15 is 0 Å². The number of ether oxygens (including phenoxy) is 1. The van der Waals surface area contributed by atoms with Crippen LogP contribution in [0.25, 0.3) is 0 Å². The molecule has 1 heterocycles. The van der Waals surface area contributed by atoms with Gasteiger partial charge < -0.3 is 4.74 Å². The summed E-state index contributed by atoms with van der Waals surface area (Å²) in [7, 11) is 1.67. The number of aromatic nitrogens is 2. The minimum atomic E-state index is 0.808. The molecule has 1 aromatic carbocycles. The van der Waals surface area contributed by atoms with Crippen LogP contribution in [-0.2, 0) is 6.54 Å². The van der Waals surface area contributed by atoms with Crippen molar-refractivity contribution in [2.45, 2.75) is 13.5 Å². The first-order chi connectivity index (χ1) is 7.29. The first-order valence-electron chi connectivity index (χ1n) is 4.91. The van der Waals surface area contributed by atoms with Crippen LogP contribution in [0.1, 0.15) is 11.3 Å². The topological polar surface area (TPSA) is 27.1 Å². The molecular weight excluding hydrogens is 188 g/mol. The molecule has 0 spiro atoms. The molecular formula is C12H14N2O. The molecule has 15 heavy (non-hydrogen) atoms. The Bertz CT molecular complexity index is 431. The average molecular weight is 202 g/mol. The summed E-state index contributed by atoms with van der Waals surface area (Å²) >= 11 is 0. The van der Waals surface area contributed by atoms with Crippen molar-refractivity contribution < 1.29 is 4.74 Å². The molecule has 0 aliphatic heterocycles. The summed E-state index contributed by atoms with van der Waals surface area (Å²) in [6.45, 7) is 2.86. The highest BCUT2D eigenvalue weighted by molar-refractivity contribution is 5.27. The van der Waals surface area contributed by atoms with Crippen LogP contribution in [-0.4, -0.2) is 16.9 Å². The summed E-state index contributed by atoms with van der Waals surface area (Å²) in [5.41, 5.74) is 2.40. The molecule has 0 aliphatic carbocycles. The van der Waals surface area contributed by atoms with Gasteiger partial charge in [-0.3, -0.25) is 4.68 Å². The fourth-order valence-corrected chi connectivity index (χ4v) is 1.47. The number of rotatable bonds is 3. The molecule has 78 valence electrons. The number of aryl methyl sites for hydroxylation is 1. The lowest BCUT2D eigenvalue weighted by Gasteiger charge is -2.05. The molecule has 0 fully saturated rings. The van der Waals surface area contributed by atoms with E-state index in [1.165, 1.54) is 11.3 Å². The molecule has 2 rings (SSSR count). The van der Waals surface area contributed by atoms with E-state index in [9.17, 15) is 0 Å². The van der Waals surface area contributed by atoms with Gasteiger partial charge in [0.2, 0.25) is 0 Å². The van der Waals surface area contributed by atoms with Crippen molar-refractivity contribution in [2.75, 3.05) is 7.11 Å². The Morgan fingerprint density at radius 3 is 2.47 bits per heavy atom. The number of nitrogens with zero attached hydrogens (tertiary/aromatic N) is 2. The molecule has 0 aliphatic rings. The van der Waals surface area contributed by atoms with E-state index in [0.29, 0.717) is 0 Å². The van der Waals surface area contributed by atoms with Crippen molar-refractivity contribution in [3.63, 3.8) is 0 Å². The molecule has 0 radical (unpaired) electrons. The smallest absolute Gasteiger partial charge is 0.118 e. The third-order valence-electron chi connectivity index (χ3n) is 2.42. The average Bonchev–Trinajstić information content (AvgIpc) is 2.66. The quantitative estimate of drug-likeness (QED) is 0.763. The second-order valence-electron chi connectivity index (χ2n) is 3.48. The highest BCUT2D eigenvalue weighted by atomic mass is 16.5. The Labute approximate surface area is 89.3 Å². The third-order valence-corrected chi connectivity index (χ3v) is 2.42. The van der Waals surface area contributed by atoms with Crippen LogP contribution in [0, 0.1) is 6.92 Å². The number of hydrogen-bond donors (Lipinski definition) is 0. The van der Waals surface area contributed by atoms with Gasteiger partial charge in [0.05, 0.1) is 13.7 Å². The van der Waals surface area contributed by atoms with Gasteiger partial charge in [-0.05, 0) is 30.7 Å². The van der Waals surface area contributed by atoms with Crippen molar-refractivity contribution in [1.82, 2.24) is 9.78 Å². The van der Waals surface area contributed by atoms with E-state index in [-0.39, 0.29) is 0 Å². The van der Waals surface area contributed by atoms with Crippen LogP contribution in [0.4, 0.5) is 0 Å². The molecule has 0 bridgehead atoms. The molecule has 1 aromatic heterocycles. The molecule has 0 atom stereocenters. The summed E-state index contributed by atoms with van der Waals surface area (Å²) in [6.07, 6.45) is 1.82. The molecule has 0 saturated heterocycles. The minimum Gasteiger partial charge on any atom is -0.497 e. The maximum Gasteiger partial charge on any atom is 0.118 e. The summed E-state index contributed by atoms with van der Waals surface area (Å²) < 4.78 is 7.08. The Morgan fingerprint density at radius 1 is 1.20 bits per heavy atom. The van der Waals surface area contributed by atoms with Gasteiger partial charge in [-0.15, -0.1) is 0 Å². The zero-order chi connectivity index (χ0) is 10.7. The van der Waals surface area contributed by atoms with E-state index in [1.807, 2.05) is 29.1 Å². The zero-order valence-electron chi connectivity index (χ0n) is 8.97. The Kier molecular flexibility index (Phi) is 2.72. The van der Waals surface area contributed by atoms with Crippen molar-refractivity contribution in [2.24, 2.45) is 0 Å². The van der Waals surface area contributed by atoms with Crippen LogP contribution in [0.2, 0.25) is 0 Å². The van der Waals surface area contributed by atoms with Gasteiger partial charge in [-0.1, -0.05) is 12.1 Å². The first-order valence-corrected chi connectivity index (χ1v) is 4.91. The predicted octanol–water partition coefficient (Wildman–Crippen LogP) is 2.25. The van der Waals surface area contributed by atoms with E-state index in [1.54, 1.807) is 7.11 Å². The minimum absolute atomic E-state index is 0.808. The van der Waals surface area contributed by atoms with Crippen molar-refractivity contribution in [3.8, 4) is 5.75 Å². The summed E-state index contributed by atoms with van der Waals surface area (Å²) in [4.78, 5) is 0. The fraction of sp³-hybridized carbons (Fsp3) is 0.250. The Morgan fingerprint density at radius 2 is 1.93 bits per heavy atom. The molecule has 0 amide bonds. The zero-order valence-corrected chi connectivity index (χ0v) is 8.97. The Hall–Kier alpha value is -1.77. The predicted molar refractivity (Wildman–Crippen MR) is 59.1 cm³/mol. The van der Waals surface area contributed by atoms with Crippen LogP contribution in [0.5, 0.6) is 5.75 Å². The van der Waals surface area contributed by atoms with E-state index in [4.69, 9.17) is 4.74 Å². The van der Waals surface area contributed by atoms with Crippen molar-refractivity contribution >= 4 is 0 Å². The lowest BCUT2D eigenvalue weighted by Crippen LogP contribution is -2.03. The van der Waals surface area contributed by atoms with E-state index in [2.05, 4.69) is 24.2 Å². The highest BCUT2D eigenvalue weighted by Crippen LogP contribution is 2.12. The molecule has 2 aromatic rings. The fourth-order valence-electron chi connectivity index (χ4n) is 1.47. The van der Waals surface area contributed by atoms with Gasteiger partial charge in [0.15, 0.2) is 0 Å². The highest BCUT2D eigenvalue weighted by Gasteiger charge is 1.99. The third kappa shape index (κ3) is 2.18. The first kappa shape index (κ1) is 9.77. The van der Waals surface area contributed by atoms with Crippen LogP contribution < -0.4 is 4.74 Å². The Balaban J connectivity index is 2.14. The molecule has 3 nitrogen and oxygen atoms in total. The lowest BCUT2D eigenvalue weighted by molar-refractivity contribution is 0.414. The van der Waals surface area contributed by atoms with Crippen LogP contribution in [0.15, 0.2) is 36.5 Å². The number of methoxy groups -OCH3 is 1. The maximum absolute atomic E-state index is 5.11. The molecule has 0 N–H and O–H groups in total. The maximum atomic E-state index is 5.11. The van der Waals surface area contributed by atoms with Gasteiger partial charge in [0.25, 0.3) is 0 Å². The van der Waals surface area contributed by atoms with E-state index < -0.39 is 0 Å².